The summed E-state index contributed by atoms with van der Waals surface area (Å²) in [5.74, 6) is -4.18. The minimum absolute atomic E-state index is 0.161. The number of hydrogen-bond donors (Lipinski definition) is 3. The number of halogens is 2. The van der Waals surface area contributed by atoms with Gasteiger partial charge in [-0.3, -0.25) is 4.79 Å². The SMILES string of the molecule is O=C(COc1ccc(F)cc1F)N[C@@H](CCO)C(=O)O. The van der Waals surface area contributed by atoms with E-state index in [1.54, 1.807) is 0 Å². The topological polar surface area (TPSA) is 95.9 Å². The van der Waals surface area contributed by atoms with Crippen molar-refractivity contribution in [2.24, 2.45) is 0 Å². The Balaban J connectivity index is 2.52. The van der Waals surface area contributed by atoms with Crippen LogP contribution in [0.3, 0.4) is 0 Å². The molecule has 0 aliphatic rings. The molecular formula is C12H13F2NO5. The van der Waals surface area contributed by atoms with Crippen molar-refractivity contribution in [1.29, 1.82) is 0 Å². The molecule has 0 heterocycles. The van der Waals surface area contributed by atoms with Gasteiger partial charge in [0.2, 0.25) is 0 Å². The predicted molar refractivity (Wildman–Crippen MR) is 63.1 cm³/mol. The molecule has 8 heteroatoms. The molecule has 1 rings (SSSR count). The van der Waals surface area contributed by atoms with Gasteiger partial charge < -0.3 is 20.3 Å². The van der Waals surface area contributed by atoms with Crippen molar-refractivity contribution in [2.45, 2.75) is 12.5 Å². The van der Waals surface area contributed by atoms with E-state index in [-0.39, 0.29) is 12.2 Å². The molecule has 0 bridgehead atoms. The standard InChI is InChI=1S/C12H13F2NO5/c13-7-1-2-10(8(14)5-7)20-6-11(17)15-9(3-4-16)12(18)19/h1-2,5,9,16H,3-4,6H2,(H,15,17)(H,18,19)/t9-/m0/s1. The molecule has 0 unspecified atom stereocenters. The van der Waals surface area contributed by atoms with Gasteiger partial charge in [-0.05, 0) is 12.1 Å². The number of rotatable bonds is 7. The maximum Gasteiger partial charge on any atom is 0.326 e. The molecular weight excluding hydrogens is 276 g/mol. The number of ether oxygens (including phenoxy) is 1. The van der Waals surface area contributed by atoms with Crippen LogP contribution in [0.2, 0.25) is 0 Å². The van der Waals surface area contributed by atoms with Crippen LogP contribution in [-0.4, -0.2) is 41.3 Å². The molecule has 0 fully saturated rings. The Kier molecular flexibility index (Phi) is 5.85. The molecule has 1 aromatic carbocycles. The van der Waals surface area contributed by atoms with E-state index >= 15 is 0 Å². The molecule has 0 saturated heterocycles. The average Bonchev–Trinajstić information content (AvgIpc) is 2.37. The third-order valence-electron chi connectivity index (χ3n) is 2.30. The first-order chi connectivity index (χ1) is 9.43. The van der Waals surface area contributed by atoms with Gasteiger partial charge in [0.05, 0.1) is 0 Å². The number of benzene rings is 1. The van der Waals surface area contributed by atoms with Gasteiger partial charge in [0.25, 0.3) is 5.91 Å². The van der Waals surface area contributed by atoms with Crippen LogP contribution in [0.4, 0.5) is 8.78 Å². The second-order valence-electron chi connectivity index (χ2n) is 3.83. The van der Waals surface area contributed by atoms with Gasteiger partial charge in [-0.15, -0.1) is 0 Å². The van der Waals surface area contributed by atoms with E-state index in [1.807, 2.05) is 0 Å². The Morgan fingerprint density at radius 3 is 2.60 bits per heavy atom. The summed E-state index contributed by atoms with van der Waals surface area (Å²) < 4.78 is 30.6. The number of hydrogen-bond acceptors (Lipinski definition) is 4. The van der Waals surface area contributed by atoms with Crippen molar-refractivity contribution in [3.8, 4) is 5.75 Å². The van der Waals surface area contributed by atoms with E-state index in [0.717, 1.165) is 12.1 Å². The molecule has 0 aromatic heterocycles. The second-order valence-corrected chi connectivity index (χ2v) is 3.83. The molecule has 0 radical (unpaired) electrons. The smallest absolute Gasteiger partial charge is 0.326 e. The number of aliphatic carboxylic acids is 1. The van der Waals surface area contributed by atoms with Crippen LogP contribution in [0.25, 0.3) is 0 Å². The van der Waals surface area contributed by atoms with E-state index in [4.69, 9.17) is 14.9 Å². The molecule has 1 aromatic rings. The number of carbonyl (C=O) groups excluding carboxylic acids is 1. The van der Waals surface area contributed by atoms with Gasteiger partial charge in [0.15, 0.2) is 18.2 Å². The Morgan fingerprint density at radius 1 is 1.35 bits per heavy atom. The first-order valence-electron chi connectivity index (χ1n) is 5.65. The predicted octanol–water partition coefficient (Wildman–Crippen LogP) is 0.295. The second kappa shape index (κ2) is 7.39. The van der Waals surface area contributed by atoms with Crippen molar-refractivity contribution in [1.82, 2.24) is 5.32 Å². The Labute approximate surface area is 113 Å². The summed E-state index contributed by atoms with van der Waals surface area (Å²) in [6, 6.07) is 1.32. The lowest BCUT2D eigenvalue weighted by Gasteiger charge is -2.13. The number of aliphatic hydroxyl groups is 1. The number of amides is 1. The number of carbonyl (C=O) groups is 2. The zero-order valence-corrected chi connectivity index (χ0v) is 10.3. The van der Waals surface area contributed by atoms with Crippen molar-refractivity contribution >= 4 is 11.9 Å². The minimum Gasteiger partial charge on any atom is -0.481 e. The first-order valence-corrected chi connectivity index (χ1v) is 5.65. The maximum absolute atomic E-state index is 13.2. The lowest BCUT2D eigenvalue weighted by molar-refractivity contribution is -0.142. The van der Waals surface area contributed by atoms with Gasteiger partial charge in [0, 0.05) is 19.1 Å². The van der Waals surface area contributed by atoms with Crippen LogP contribution in [0.1, 0.15) is 6.42 Å². The molecule has 0 aliphatic heterocycles. The van der Waals surface area contributed by atoms with Crippen LogP contribution < -0.4 is 10.1 Å². The molecule has 0 spiro atoms. The number of carboxylic acids is 1. The highest BCUT2D eigenvalue weighted by molar-refractivity contribution is 5.84. The Bertz CT molecular complexity index is 495. The van der Waals surface area contributed by atoms with E-state index in [2.05, 4.69) is 5.32 Å². The zero-order valence-electron chi connectivity index (χ0n) is 10.3. The highest BCUT2D eigenvalue weighted by atomic mass is 19.1. The van der Waals surface area contributed by atoms with Crippen molar-refractivity contribution < 1.29 is 33.3 Å². The monoisotopic (exact) mass is 289 g/mol. The summed E-state index contributed by atoms with van der Waals surface area (Å²) in [5.41, 5.74) is 0. The zero-order chi connectivity index (χ0) is 15.1. The molecule has 0 saturated carbocycles. The lowest BCUT2D eigenvalue weighted by Crippen LogP contribution is -2.43. The molecule has 1 amide bonds. The molecule has 6 nitrogen and oxygen atoms in total. The molecule has 0 aliphatic carbocycles. The number of aliphatic hydroxyl groups excluding tert-OH is 1. The third kappa shape index (κ3) is 4.81. The fraction of sp³-hybridized carbons (Fsp3) is 0.333. The fourth-order valence-corrected chi connectivity index (χ4v) is 1.36. The van der Waals surface area contributed by atoms with Crippen LogP contribution in [-0.2, 0) is 9.59 Å². The Morgan fingerprint density at radius 2 is 2.05 bits per heavy atom. The van der Waals surface area contributed by atoms with Gasteiger partial charge in [-0.25, -0.2) is 13.6 Å². The summed E-state index contributed by atoms with van der Waals surface area (Å²) in [6.07, 6.45) is -0.161. The molecule has 20 heavy (non-hydrogen) atoms. The molecule has 3 N–H and O–H groups in total. The summed E-state index contributed by atoms with van der Waals surface area (Å²) in [4.78, 5) is 22.1. The van der Waals surface area contributed by atoms with E-state index in [0.29, 0.717) is 6.07 Å². The average molecular weight is 289 g/mol. The van der Waals surface area contributed by atoms with Gasteiger partial charge in [0.1, 0.15) is 11.9 Å². The maximum atomic E-state index is 13.2. The highest BCUT2D eigenvalue weighted by Crippen LogP contribution is 2.17. The summed E-state index contributed by atoms with van der Waals surface area (Å²) >= 11 is 0. The van der Waals surface area contributed by atoms with Crippen LogP contribution in [0.5, 0.6) is 5.75 Å². The van der Waals surface area contributed by atoms with Gasteiger partial charge in [-0.2, -0.15) is 0 Å². The van der Waals surface area contributed by atoms with Gasteiger partial charge >= 0.3 is 5.97 Å². The lowest BCUT2D eigenvalue weighted by atomic mass is 10.2. The van der Waals surface area contributed by atoms with Crippen LogP contribution >= 0.6 is 0 Å². The van der Waals surface area contributed by atoms with Crippen molar-refractivity contribution in [3.05, 3.63) is 29.8 Å². The van der Waals surface area contributed by atoms with E-state index in [1.165, 1.54) is 0 Å². The van der Waals surface area contributed by atoms with E-state index in [9.17, 15) is 18.4 Å². The number of carboxylic acid groups (broad SMARTS) is 1. The largest absolute Gasteiger partial charge is 0.481 e. The van der Waals surface area contributed by atoms with Crippen molar-refractivity contribution in [2.75, 3.05) is 13.2 Å². The van der Waals surface area contributed by atoms with Crippen molar-refractivity contribution in [3.63, 3.8) is 0 Å². The number of nitrogens with one attached hydrogen (secondary N) is 1. The minimum atomic E-state index is -1.31. The van der Waals surface area contributed by atoms with E-state index < -0.39 is 42.8 Å². The van der Waals surface area contributed by atoms with Crippen LogP contribution in [0.15, 0.2) is 18.2 Å². The quantitative estimate of drug-likeness (QED) is 0.671. The normalized spacial score (nSPS) is 11.8. The molecule has 1 atom stereocenters. The highest BCUT2D eigenvalue weighted by Gasteiger charge is 2.19. The molecule has 110 valence electrons. The Hall–Kier alpha value is -2.22. The first kappa shape index (κ1) is 15.8. The summed E-state index contributed by atoms with van der Waals surface area (Å²) in [6.45, 7) is -1.04. The third-order valence-corrected chi connectivity index (χ3v) is 2.30. The fourth-order valence-electron chi connectivity index (χ4n) is 1.36. The summed E-state index contributed by atoms with van der Waals surface area (Å²) in [5, 5.41) is 19.5. The summed E-state index contributed by atoms with van der Waals surface area (Å²) in [7, 11) is 0. The van der Waals surface area contributed by atoms with Crippen LogP contribution in [0, 0.1) is 11.6 Å². The van der Waals surface area contributed by atoms with Gasteiger partial charge in [-0.1, -0.05) is 0 Å².